The minimum atomic E-state index is -1.03. The highest BCUT2D eigenvalue weighted by atomic mass is 16.6. The number of carbonyl (C=O) groups excluding carboxylic acids is 1. The van der Waals surface area contributed by atoms with E-state index < -0.39 is 17.7 Å². The molecule has 0 rings (SSSR count). The summed E-state index contributed by atoms with van der Waals surface area (Å²) < 4.78 is 9.98. The van der Waals surface area contributed by atoms with E-state index in [0.29, 0.717) is 6.42 Å². The molecule has 0 radical (unpaired) electrons. The molecule has 0 spiro atoms. The van der Waals surface area contributed by atoms with Crippen molar-refractivity contribution < 1.29 is 24.2 Å². The van der Waals surface area contributed by atoms with Crippen molar-refractivity contribution in [2.45, 2.75) is 45.8 Å². The summed E-state index contributed by atoms with van der Waals surface area (Å²) in [5, 5.41) is 11.0. The molecule has 6 heteroatoms. The molecule has 0 aliphatic heterocycles. The molecule has 0 aromatic rings. The van der Waals surface area contributed by atoms with Gasteiger partial charge in [0, 0.05) is 0 Å². The molecular weight excluding hydrogens is 226 g/mol. The highest BCUT2D eigenvalue weighted by Crippen LogP contribution is 2.07. The Hall–Kier alpha value is -1.30. The molecule has 0 aliphatic rings. The second-order valence-corrected chi connectivity index (χ2v) is 4.66. The van der Waals surface area contributed by atoms with Gasteiger partial charge in [-0.05, 0) is 27.2 Å². The van der Waals surface area contributed by atoms with Crippen LogP contribution < -0.4 is 5.32 Å². The maximum atomic E-state index is 11.4. The second kappa shape index (κ2) is 7.11. The Bertz CT molecular complexity index is 259. The number of hydrogen-bond donors (Lipinski definition) is 2. The van der Waals surface area contributed by atoms with E-state index in [4.69, 9.17) is 14.6 Å². The lowest BCUT2D eigenvalue weighted by Crippen LogP contribution is -2.41. The van der Waals surface area contributed by atoms with Gasteiger partial charge in [-0.3, -0.25) is 0 Å². The van der Waals surface area contributed by atoms with Gasteiger partial charge in [0.05, 0.1) is 12.6 Å². The second-order valence-electron chi connectivity index (χ2n) is 4.66. The fraction of sp³-hybridized carbons (Fsp3) is 0.818. The van der Waals surface area contributed by atoms with Gasteiger partial charge < -0.3 is 19.9 Å². The molecule has 0 saturated heterocycles. The Labute approximate surface area is 101 Å². The lowest BCUT2D eigenvalue weighted by molar-refractivity contribution is -0.142. The summed E-state index contributed by atoms with van der Waals surface area (Å²) in [6.07, 6.45) is 0.113. The monoisotopic (exact) mass is 247 g/mol. The van der Waals surface area contributed by atoms with Crippen molar-refractivity contribution in [2.24, 2.45) is 0 Å². The third-order valence-electron chi connectivity index (χ3n) is 1.76. The Kier molecular flexibility index (Phi) is 6.57. The van der Waals surface area contributed by atoms with Crippen molar-refractivity contribution in [3.63, 3.8) is 0 Å². The van der Waals surface area contributed by atoms with Crippen molar-refractivity contribution >= 4 is 12.1 Å². The van der Waals surface area contributed by atoms with Gasteiger partial charge in [0.25, 0.3) is 0 Å². The number of aliphatic carboxylic acids is 1. The lowest BCUT2D eigenvalue weighted by Gasteiger charge is -2.22. The van der Waals surface area contributed by atoms with Gasteiger partial charge in [-0.1, -0.05) is 6.92 Å². The van der Waals surface area contributed by atoms with E-state index in [2.05, 4.69) is 5.32 Å². The summed E-state index contributed by atoms with van der Waals surface area (Å²) in [5.74, 6) is -1.03. The van der Waals surface area contributed by atoms with Crippen LogP contribution in [0.15, 0.2) is 0 Å². The summed E-state index contributed by atoms with van der Waals surface area (Å²) in [5.41, 5.74) is -0.551. The Morgan fingerprint density at radius 2 is 1.94 bits per heavy atom. The zero-order valence-corrected chi connectivity index (χ0v) is 10.8. The third kappa shape index (κ3) is 9.62. The normalized spacial score (nSPS) is 12.9. The number of carboxylic acids is 1. The highest BCUT2D eigenvalue weighted by molar-refractivity contribution is 5.68. The van der Waals surface area contributed by atoms with Crippen LogP contribution >= 0.6 is 0 Å². The lowest BCUT2D eigenvalue weighted by atomic mass is 10.2. The van der Waals surface area contributed by atoms with Gasteiger partial charge >= 0.3 is 12.1 Å². The molecule has 0 aliphatic carbocycles. The Balaban J connectivity index is 3.95. The van der Waals surface area contributed by atoms with Crippen LogP contribution in [0.4, 0.5) is 4.79 Å². The molecule has 0 aromatic carbocycles. The standard InChI is InChI=1S/C11H21NO5/c1-5-8(6-16-7-9(13)14)12-10(15)17-11(2,3)4/h8H,5-7H2,1-4H3,(H,12,15)(H,13,14)/t8-/m0/s1. The van der Waals surface area contributed by atoms with Crippen LogP contribution in [0.1, 0.15) is 34.1 Å². The van der Waals surface area contributed by atoms with Crippen molar-refractivity contribution in [1.82, 2.24) is 5.32 Å². The summed E-state index contributed by atoms with van der Waals surface area (Å²) >= 11 is 0. The number of ether oxygens (including phenoxy) is 2. The molecule has 6 nitrogen and oxygen atoms in total. The molecule has 17 heavy (non-hydrogen) atoms. The molecule has 0 heterocycles. The van der Waals surface area contributed by atoms with Gasteiger partial charge in [-0.25, -0.2) is 9.59 Å². The SMILES string of the molecule is CC[C@@H](COCC(=O)O)NC(=O)OC(C)(C)C. The average Bonchev–Trinajstić information content (AvgIpc) is 2.12. The molecule has 1 amide bonds. The van der Waals surface area contributed by atoms with Crippen LogP contribution in [0.25, 0.3) is 0 Å². The number of nitrogens with one attached hydrogen (secondary N) is 1. The molecule has 1 atom stereocenters. The first-order valence-corrected chi connectivity index (χ1v) is 5.53. The van der Waals surface area contributed by atoms with E-state index in [1.807, 2.05) is 6.92 Å². The fourth-order valence-electron chi connectivity index (χ4n) is 1.02. The van der Waals surface area contributed by atoms with E-state index >= 15 is 0 Å². The van der Waals surface area contributed by atoms with Crippen LogP contribution in [0.5, 0.6) is 0 Å². The van der Waals surface area contributed by atoms with Gasteiger partial charge in [0.2, 0.25) is 0 Å². The first-order valence-electron chi connectivity index (χ1n) is 5.53. The molecule has 0 bridgehead atoms. The fourth-order valence-corrected chi connectivity index (χ4v) is 1.02. The average molecular weight is 247 g/mol. The minimum absolute atomic E-state index is 0.155. The van der Waals surface area contributed by atoms with Gasteiger partial charge in [0.15, 0.2) is 0 Å². The van der Waals surface area contributed by atoms with Crippen LogP contribution in [0, 0.1) is 0 Å². The zero-order valence-electron chi connectivity index (χ0n) is 10.8. The first kappa shape index (κ1) is 15.7. The first-order chi connectivity index (χ1) is 7.74. The molecule has 0 fully saturated rings. The van der Waals surface area contributed by atoms with Crippen molar-refractivity contribution in [3.8, 4) is 0 Å². The largest absolute Gasteiger partial charge is 0.480 e. The molecular formula is C11H21NO5. The molecule has 0 aromatic heterocycles. The predicted molar refractivity (Wildman–Crippen MR) is 61.9 cm³/mol. The third-order valence-corrected chi connectivity index (χ3v) is 1.76. The predicted octanol–water partition coefficient (Wildman–Crippen LogP) is 1.39. The minimum Gasteiger partial charge on any atom is -0.480 e. The van der Waals surface area contributed by atoms with Crippen LogP contribution in [-0.4, -0.2) is 42.0 Å². The zero-order chi connectivity index (χ0) is 13.5. The van der Waals surface area contributed by atoms with E-state index in [1.54, 1.807) is 20.8 Å². The van der Waals surface area contributed by atoms with Crippen molar-refractivity contribution in [1.29, 1.82) is 0 Å². The van der Waals surface area contributed by atoms with E-state index in [1.165, 1.54) is 0 Å². The number of hydrogen-bond acceptors (Lipinski definition) is 4. The number of rotatable bonds is 6. The van der Waals surface area contributed by atoms with E-state index in [0.717, 1.165) is 0 Å². The van der Waals surface area contributed by atoms with Crippen molar-refractivity contribution in [3.05, 3.63) is 0 Å². The number of amides is 1. The molecule has 2 N–H and O–H groups in total. The Morgan fingerprint density at radius 3 is 2.35 bits per heavy atom. The molecule has 0 saturated carbocycles. The summed E-state index contributed by atoms with van der Waals surface area (Å²) in [6.45, 7) is 6.97. The number of carboxylic acid groups (broad SMARTS) is 1. The van der Waals surface area contributed by atoms with Crippen LogP contribution in [0.3, 0.4) is 0 Å². The topological polar surface area (TPSA) is 84.9 Å². The smallest absolute Gasteiger partial charge is 0.407 e. The van der Waals surface area contributed by atoms with Crippen molar-refractivity contribution in [2.75, 3.05) is 13.2 Å². The highest BCUT2D eigenvalue weighted by Gasteiger charge is 2.18. The summed E-state index contributed by atoms with van der Waals surface area (Å²) in [4.78, 5) is 21.7. The quantitative estimate of drug-likeness (QED) is 0.741. The van der Waals surface area contributed by atoms with E-state index in [9.17, 15) is 9.59 Å². The van der Waals surface area contributed by atoms with Gasteiger partial charge in [-0.15, -0.1) is 0 Å². The molecule has 100 valence electrons. The molecule has 0 unspecified atom stereocenters. The van der Waals surface area contributed by atoms with Crippen LogP contribution in [0.2, 0.25) is 0 Å². The summed E-state index contributed by atoms with van der Waals surface area (Å²) in [7, 11) is 0. The number of carbonyl (C=O) groups is 2. The van der Waals surface area contributed by atoms with Gasteiger partial charge in [0.1, 0.15) is 12.2 Å². The summed E-state index contributed by atoms with van der Waals surface area (Å²) in [6, 6.07) is -0.246. The number of alkyl carbamates (subject to hydrolysis) is 1. The maximum absolute atomic E-state index is 11.4. The van der Waals surface area contributed by atoms with Gasteiger partial charge in [-0.2, -0.15) is 0 Å². The van der Waals surface area contributed by atoms with E-state index in [-0.39, 0.29) is 19.3 Å². The Morgan fingerprint density at radius 1 is 1.35 bits per heavy atom. The van der Waals surface area contributed by atoms with Crippen LogP contribution in [-0.2, 0) is 14.3 Å². The maximum Gasteiger partial charge on any atom is 0.407 e.